The molecule has 2 atom stereocenters. The number of rotatable bonds is 6. The van der Waals surface area contributed by atoms with Gasteiger partial charge < -0.3 is 19.5 Å². The Balaban J connectivity index is 2.23. The second-order valence-corrected chi connectivity index (χ2v) is 7.00. The number of halogens is 2. The summed E-state index contributed by atoms with van der Waals surface area (Å²) < 4.78 is 24.7. The first-order chi connectivity index (χ1) is 13.8. The van der Waals surface area contributed by atoms with Crippen LogP contribution in [0.25, 0.3) is 0 Å². The number of ether oxygens (including phenoxy) is 2. The Labute approximate surface area is 172 Å². The summed E-state index contributed by atoms with van der Waals surface area (Å²) in [5, 5.41) is 10.1. The van der Waals surface area contributed by atoms with E-state index in [1.165, 1.54) is 36.2 Å². The van der Waals surface area contributed by atoms with Crippen molar-refractivity contribution in [3.63, 3.8) is 0 Å². The maximum Gasteiger partial charge on any atom is 0.313 e. The van der Waals surface area contributed by atoms with Crippen LogP contribution < -0.4 is 9.47 Å². The molecular formula is C21H21ClFNO5. The molecule has 0 saturated carbocycles. The van der Waals surface area contributed by atoms with E-state index in [0.717, 1.165) is 6.07 Å². The zero-order valence-electron chi connectivity index (χ0n) is 16.2. The molecule has 8 heteroatoms. The third-order valence-corrected chi connectivity index (χ3v) is 5.21. The number of aliphatic carboxylic acids is 1. The minimum Gasteiger partial charge on any atom is -0.490 e. The smallest absolute Gasteiger partial charge is 0.313 e. The summed E-state index contributed by atoms with van der Waals surface area (Å²) in [6, 6.07) is 5.85. The van der Waals surface area contributed by atoms with E-state index < -0.39 is 23.7 Å². The topological polar surface area (TPSA) is 76.1 Å². The van der Waals surface area contributed by atoms with Crippen molar-refractivity contribution in [2.45, 2.75) is 25.8 Å². The fourth-order valence-electron chi connectivity index (χ4n) is 3.66. The highest BCUT2D eigenvalue weighted by Crippen LogP contribution is 2.47. The number of hydrogen-bond acceptors (Lipinski definition) is 4. The van der Waals surface area contributed by atoms with Gasteiger partial charge in [-0.15, -0.1) is 0 Å². The zero-order chi connectivity index (χ0) is 21.3. The van der Waals surface area contributed by atoms with Crippen LogP contribution in [0, 0.1) is 5.82 Å². The molecule has 2 aromatic rings. The van der Waals surface area contributed by atoms with Crippen LogP contribution in [0.5, 0.6) is 11.5 Å². The molecule has 0 fully saturated rings. The zero-order valence-corrected chi connectivity index (χ0v) is 17.0. The monoisotopic (exact) mass is 421 g/mol. The quantitative estimate of drug-likeness (QED) is 0.753. The van der Waals surface area contributed by atoms with Gasteiger partial charge in [0.1, 0.15) is 11.7 Å². The summed E-state index contributed by atoms with van der Waals surface area (Å²) in [4.78, 5) is 26.7. The van der Waals surface area contributed by atoms with Crippen molar-refractivity contribution in [3.05, 3.63) is 57.9 Å². The Hall–Kier alpha value is -2.80. The van der Waals surface area contributed by atoms with Crippen molar-refractivity contribution in [1.82, 2.24) is 4.90 Å². The van der Waals surface area contributed by atoms with Crippen molar-refractivity contribution in [2.24, 2.45) is 0 Å². The fraction of sp³-hybridized carbons (Fsp3) is 0.333. The van der Waals surface area contributed by atoms with Gasteiger partial charge in [-0.05, 0) is 49.2 Å². The molecule has 0 bridgehead atoms. The first kappa shape index (κ1) is 20.9. The van der Waals surface area contributed by atoms with Gasteiger partial charge in [-0.1, -0.05) is 17.7 Å². The summed E-state index contributed by atoms with van der Waals surface area (Å²) in [5.74, 6) is -2.45. The SMILES string of the molecule is CCOc1cc2c(cc1OCC)C(C(=O)O)C(c1ccc(F)cc1Cl)N(C)C2=O. The van der Waals surface area contributed by atoms with E-state index in [2.05, 4.69) is 0 Å². The number of fused-ring (bicyclic) bond motifs is 1. The lowest BCUT2D eigenvalue weighted by Gasteiger charge is -2.39. The number of carbonyl (C=O) groups is 2. The average molecular weight is 422 g/mol. The van der Waals surface area contributed by atoms with Gasteiger partial charge in [0.05, 0.1) is 19.3 Å². The Morgan fingerprint density at radius 1 is 1.14 bits per heavy atom. The van der Waals surface area contributed by atoms with E-state index in [-0.39, 0.29) is 16.5 Å². The predicted molar refractivity (Wildman–Crippen MR) is 105 cm³/mol. The van der Waals surface area contributed by atoms with Crippen LogP contribution in [0.4, 0.5) is 4.39 Å². The van der Waals surface area contributed by atoms with Crippen LogP contribution >= 0.6 is 11.6 Å². The second kappa shape index (κ2) is 8.29. The number of carboxylic acids is 1. The van der Waals surface area contributed by atoms with Crippen molar-refractivity contribution >= 4 is 23.5 Å². The molecule has 0 saturated heterocycles. The van der Waals surface area contributed by atoms with Crippen LogP contribution in [-0.4, -0.2) is 42.1 Å². The molecule has 29 heavy (non-hydrogen) atoms. The fourth-order valence-corrected chi connectivity index (χ4v) is 3.94. The summed E-state index contributed by atoms with van der Waals surface area (Å²) in [5.41, 5.74) is 0.882. The summed E-state index contributed by atoms with van der Waals surface area (Å²) in [6.07, 6.45) is 0. The van der Waals surface area contributed by atoms with Gasteiger partial charge >= 0.3 is 5.97 Å². The highest BCUT2D eigenvalue weighted by Gasteiger charge is 2.44. The molecule has 2 unspecified atom stereocenters. The second-order valence-electron chi connectivity index (χ2n) is 6.59. The van der Waals surface area contributed by atoms with E-state index >= 15 is 0 Å². The van der Waals surface area contributed by atoms with Gasteiger partial charge in [0, 0.05) is 17.6 Å². The first-order valence-electron chi connectivity index (χ1n) is 9.18. The molecule has 0 aromatic heterocycles. The van der Waals surface area contributed by atoms with E-state index in [0.29, 0.717) is 35.8 Å². The Kier molecular flexibility index (Phi) is 5.98. The van der Waals surface area contributed by atoms with Crippen molar-refractivity contribution in [1.29, 1.82) is 0 Å². The minimum absolute atomic E-state index is 0.0559. The predicted octanol–water partition coefficient (Wildman–Crippen LogP) is 4.27. The average Bonchev–Trinajstić information content (AvgIpc) is 2.66. The Bertz CT molecular complexity index is 964. The van der Waals surface area contributed by atoms with Gasteiger partial charge in [-0.25, -0.2) is 4.39 Å². The molecule has 1 heterocycles. The van der Waals surface area contributed by atoms with Crippen molar-refractivity contribution < 1.29 is 28.6 Å². The number of carbonyl (C=O) groups excluding carboxylic acids is 1. The molecular weight excluding hydrogens is 401 g/mol. The standard InChI is InChI=1S/C21H21ClFNO5/c1-4-28-16-9-13-14(10-17(16)29-5-2)20(25)24(3)19(18(13)21(26)27)12-7-6-11(23)8-15(12)22/h6-10,18-19H,4-5H2,1-3H3,(H,26,27). The molecule has 0 spiro atoms. The van der Waals surface area contributed by atoms with Crippen LogP contribution in [0.3, 0.4) is 0 Å². The molecule has 6 nitrogen and oxygen atoms in total. The van der Waals surface area contributed by atoms with Gasteiger partial charge in [-0.3, -0.25) is 9.59 Å². The molecule has 1 N–H and O–H groups in total. The maximum atomic E-state index is 13.5. The highest BCUT2D eigenvalue weighted by molar-refractivity contribution is 6.31. The normalized spacial score (nSPS) is 18.4. The van der Waals surface area contributed by atoms with Crippen LogP contribution in [0.15, 0.2) is 30.3 Å². The van der Waals surface area contributed by atoms with Gasteiger partial charge in [0.2, 0.25) is 0 Å². The van der Waals surface area contributed by atoms with E-state index in [1.54, 1.807) is 13.8 Å². The van der Waals surface area contributed by atoms with Crippen LogP contribution in [0.2, 0.25) is 5.02 Å². The van der Waals surface area contributed by atoms with Gasteiger partial charge in [0.15, 0.2) is 11.5 Å². The molecule has 1 aliphatic heterocycles. The van der Waals surface area contributed by atoms with E-state index in [9.17, 15) is 19.1 Å². The molecule has 154 valence electrons. The lowest BCUT2D eigenvalue weighted by molar-refractivity contribution is -0.140. The van der Waals surface area contributed by atoms with Crippen molar-refractivity contribution in [3.8, 4) is 11.5 Å². The molecule has 0 radical (unpaired) electrons. The van der Waals surface area contributed by atoms with Crippen LogP contribution in [0.1, 0.15) is 47.3 Å². The molecule has 1 aliphatic rings. The number of amides is 1. The number of carboxylic acid groups (broad SMARTS) is 1. The van der Waals surface area contributed by atoms with Crippen LogP contribution in [-0.2, 0) is 4.79 Å². The third-order valence-electron chi connectivity index (χ3n) is 4.88. The highest BCUT2D eigenvalue weighted by atomic mass is 35.5. The largest absolute Gasteiger partial charge is 0.490 e. The Morgan fingerprint density at radius 3 is 2.31 bits per heavy atom. The molecule has 0 aliphatic carbocycles. The minimum atomic E-state index is -1.14. The number of likely N-dealkylation sites (N-methyl/N-ethyl adjacent to an activating group) is 1. The third kappa shape index (κ3) is 3.74. The van der Waals surface area contributed by atoms with E-state index in [4.69, 9.17) is 21.1 Å². The number of hydrogen-bond donors (Lipinski definition) is 1. The number of nitrogens with zero attached hydrogens (tertiary/aromatic N) is 1. The van der Waals surface area contributed by atoms with Gasteiger partial charge in [0.25, 0.3) is 5.91 Å². The lowest BCUT2D eigenvalue weighted by atomic mass is 9.79. The Morgan fingerprint density at radius 2 is 1.76 bits per heavy atom. The lowest BCUT2D eigenvalue weighted by Crippen LogP contribution is -2.42. The first-order valence-corrected chi connectivity index (χ1v) is 9.56. The number of benzene rings is 2. The van der Waals surface area contributed by atoms with E-state index in [1.807, 2.05) is 0 Å². The summed E-state index contributed by atoms with van der Waals surface area (Å²) in [7, 11) is 1.50. The molecule has 2 aromatic carbocycles. The summed E-state index contributed by atoms with van der Waals surface area (Å²) in [6.45, 7) is 4.30. The summed E-state index contributed by atoms with van der Waals surface area (Å²) >= 11 is 6.20. The molecule has 1 amide bonds. The van der Waals surface area contributed by atoms with Crippen molar-refractivity contribution in [2.75, 3.05) is 20.3 Å². The maximum absolute atomic E-state index is 13.5. The molecule has 3 rings (SSSR count). The van der Waals surface area contributed by atoms with Gasteiger partial charge in [-0.2, -0.15) is 0 Å².